The first kappa shape index (κ1) is 31.5. The molecule has 2 heterocycles. The highest BCUT2D eigenvalue weighted by molar-refractivity contribution is 7.98. The Hall–Kier alpha value is -3.95. The topological polar surface area (TPSA) is 90.3 Å². The molecule has 0 saturated carbocycles. The van der Waals surface area contributed by atoms with Crippen LogP contribution in [0.5, 0.6) is 11.5 Å². The number of anilines is 2. The second kappa shape index (κ2) is 14.2. The third kappa shape index (κ3) is 7.39. The zero-order chi connectivity index (χ0) is 31.2. The molecule has 4 aromatic rings. The molecule has 0 aliphatic carbocycles. The third-order valence-corrected chi connectivity index (χ3v) is 8.46. The summed E-state index contributed by atoms with van der Waals surface area (Å²) in [7, 11) is 0. The average molecular weight is 632 g/mol. The van der Waals surface area contributed by atoms with Gasteiger partial charge >= 0.3 is 0 Å². The first-order valence-electron chi connectivity index (χ1n) is 14.8. The number of allylic oxidation sites excluding steroid dienone is 1. The number of benzene rings is 3. The van der Waals surface area contributed by atoms with E-state index in [1.54, 1.807) is 4.68 Å². The number of thioether (sulfide) groups is 1. The molecule has 0 fully saturated rings. The number of fused-ring (bicyclic) bond motifs is 1. The van der Waals surface area contributed by atoms with E-state index in [4.69, 9.17) is 31.2 Å². The highest BCUT2D eigenvalue weighted by Gasteiger charge is 2.35. The number of hydrogen-bond donors (Lipinski definition) is 2. The van der Waals surface area contributed by atoms with E-state index in [9.17, 15) is 4.79 Å². The fourth-order valence-electron chi connectivity index (χ4n) is 4.96. The smallest absolute Gasteiger partial charge is 0.255 e. The Labute approximate surface area is 268 Å². The number of amides is 1. The van der Waals surface area contributed by atoms with E-state index in [1.165, 1.54) is 11.8 Å². The minimum atomic E-state index is -0.567. The maximum absolute atomic E-state index is 14.0. The van der Waals surface area contributed by atoms with E-state index in [0.29, 0.717) is 63.8 Å². The Balaban J connectivity index is 1.52. The molecule has 10 heteroatoms. The van der Waals surface area contributed by atoms with Gasteiger partial charge in [-0.15, -0.1) is 5.10 Å². The van der Waals surface area contributed by atoms with Crippen LogP contribution in [0.2, 0.25) is 5.02 Å². The zero-order valence-electron chi connectivity index (χ0n) is 25.7. The standard InChI is InChI=1S/C34H38ClN5O3S/c1-6-42-29-19-24(14-15-28(29)43-17-16-21(2)3)31-30(32(41)37-26-12-9-10-22(4)18-26)23(5)36-33-38-34(39-40(31)33)44-20-25-11-7-8-13-27(25)35/h7-15,18-19,21,31H,6,16-17,20H2,1-5H3,(H,37,41)(H,36,38,39). The molecule has 0 saturated heterocycles. The number of ether oxygens (including phenoxy) is 2. The van der Waals surface area contributed by atoms with E-state index >= 15 is 0 Å². The van der Waals surface area contributed by atoms with Crippen LogP contribution in [-0.4, -0.2) is 33.9 Å². The summed E-state index contributed by atoms with van der Waals surface area (Å²) in [6.45, 7) is 11.2. The van der Waals surface area contributed by atoms with Crippen LogP contribution in [0.15, 0.2) is 83.2 Å². The molecule has 3 aromatic carbocycles. The minimum absolute atomic E-state index is 0.229. The summed E-state index contributed by atoms with van der Waals surface area (Å²) in [6.07, 6.45) is 0.934. The Bertz CT molecular complexity index is 1670. The van der Waals surface area contributed by atoms with Crippen molar-refractivity contribution in [1.82, 2.24) is 14.8 Å². The second-order valence-corrected chi connectivity index (χ2v) is 12.5. The zero-order valence-corrected chi connectivity index (χ0v) is 27.3. The summed E-state index contributed by atoms with van der Waals surface area (Å²) in [4.78, 5) is 18.8. The first-order chi connectivity index (χ1) is 21.2. The van der Waals surface area contributed by atoms with Crippen molar-refractivity contribution in [2.45, 2.75) is 58.0 Å². The van der Waals surface area contributed by atoms with Gasteiger partial charge in [0.1, 0.15) is 6.04 Å². The van der Waals surface area contributed by atoms with Gasteiger partial charge in [-0.3, -0.25) is 4.79 Å². The fraction of sp³-hybridized carbons (Fsp3) is 0.324. The van der Waals surface area contributed by atoms with Crippen molar-refractivity contribution < 1.29 is 14.3 Å². The maximum Gasteiger partial charge on any atom is 0.255 e. The fourth-order valence-corrected chi connectivity index (χ4v) is 6.08. The molecule has 2 N–H and O–H groups in total. The van der Waals surface area contributed by atoms with Crippen LogP contribution in [0.1, 0.15) is 56.8 Å². The lowest BCUT2D eigenvalue weighted by molar-refractivity contribution is -0.113. The Morgan fingerprint density at radius 3 is 2.64 bits per heavy atom. The molecule has 1 aromatic heterocycles. The number of nitrogens with one attached hydrogen (secondary N) is 2. The van der Waals surface area contributed by atoms with Crippen molar-refractivity contribution in [2.75, 3.05) is 23.8 Å². The number of carbonyl (C=O) groups is 1. The van der Waals surface area contributed by atoms with Crippen molar-refractivity contribution in [3.05, 3.63) is 99.7 Å². The molecule has 5 rings (SSSR count). The lowest BCUT2D eigenvalue weighted by Crippen LogP contribution is -2.31. The van der Waals surface area contributed by atoms with Gasteiger partial charge in [-0.05, 0) is 80.1 Å². The van der Waals surface area contributed by atoms with Crippen LogP contribution in [0, 0.1) is 12.8 Å². The predicted octanol–water partition coefficient (Wildman–Crippen LogP) is 8.28. The minimum Gasteiger partial charge on any atom is -0.490 e. The Morgan fingerprint density at radius 2 is 1.89 bits per heavy atom. The average Bonchev–Trinajstić information content (AvgIpc) is 3.39. The second-order valence-electron chi connectivity index (χ2n) is 11.1. The lowest BCUT2D eigenvalue weighted by atomic mass is 9.94. The quantitative estimate of drug-likeness (QED) is 0.152. The maximum atomic E-state index is 14.0. The summed E-state index contributed by atoms with van der Waals surface area (Å²) in [5.74, 6) is 2.75. The van der Waals surface area contributed by atoms with Gasteiger partial charge in [-0.25, -0.2) is 4.68 Å². The molecule has 230 valence electrons. The molecular weight excluding hydrogens is 594 g/mol. The molecule has 1 aliphatic heterocycles. The van der Waals surface area contributed by atoms with E-state index in [2.05, 4.69) is 24.5 Å². The van der Waals surface area contributed by atoms with Crippen LogP contribution in [0.4, 0.5) is 11.6 Å². The van der Waals surface area contributed by atoms with Gasteiger partial charge in [0.15, 0.2) is 11.5 Å². The number of rotatable bonds is 12. The van der Waals surface area contributed by atoms with Gasteiger partial charge in [0.25, 0.3) is 5.91 Å². The molecule has 1 unspecified atom stereocenters. The number of halogens is 1. The lowest BCUT2D eigenvalue weighted by Gasteiger charge is -2.29. The number of hydrogen-bond acceptors (Lipinski definition) is 7. The van der Waals surface area contributed by atoms with Gasteiger partial charge in [0.05, 0.1) is 18.8 Å². The molecule has 1 atom stereocenters. The summed E-state index contributed by atoms with van der Waals surface area (Å²) >= 11 is 7.89. The van der Waals surface area contributed by atoms with E-state index in [1.807, 2.05) is 87.5 Å². The van der Waals surface area contributed by atoms with Crippen LogP contribution in [0.3, 0.4) is 0 Å². The summed E-state index contributed by atoms with van der Waals surface area (Å²) in [5, 5.41) is 12.6. The van der Waals surface area contributed by atoms with E-state index < -0.39 is 6.04 Å². The van der Waals surface area contributed by atoms with E-state index in [0.717, 1.165) is 28.8 Å². The Morgan fingerprint density at radius 1 is 1.07 bits per heavy atom. The summed E-state index contributed by atoms with van der Waals surface area (Å²) < 4.78 is 13.9. The predicted molar refractivity (Wildman–Crippen MR) is 178 cm³/mol. The van der Waals surface area contributed by atoms with Crippen molar-refractivity contribution in [3.8, 4) is 11.5 Å². The molecule has 1 aliphatic rings. The number of nitrogens with zero attached hydrogens (tertiary/aromatic N) is 3. The van der Waals surface area contributed by atoms with Gasteiger partial charge in [0, 0.05) is 22.2 Å². The van der Waals surface area contributed by atoms with Crippen molar-refractivity contribution in [1.29, 1.82) is 0 Å². The summed E-state index contributed by atoms with van der Waals surface area (Å²) in [5.41, 5.74) is 4.82. The number of aryl methyl sites for hydroxylation is 1. The number of aromatic nitrogens is 3. The molecule has 0 spiro atoms. The molecule has 1 amide bonds. The first-order valence-corrected chi connectivity index (χ1v) is 16.2. The van der Waals surface area contributed by atoms with Gasteiger partial charge in [-0.2, -0.15) is 4.98 Å². The molecule has 44 heavy (non-hydrogen) atoms. The van der Waals surface area contributed by atoms with Crippen molar-refractivity contribution in [3.63, 3.8) is 0 Å². The van der Waals surface area contributed by atoms with Crippen molar-refractivity contribution >= 4 is 40.9 Å². The van der Waals surface area contributed by atoms with Crippen molar-refractivity contribution in [2.24, 2.45) is 5.92 Å². The van der Waals surface area contributed by atoms with E-state index in [-0.39, 0.29) is 5.91 Å². The van der Waals surface area contributed by atoms with Crippen LogP contribution < -0.4 is 20.1 Å². The Kier molecular flexibility index (Phi) is 10.2. The molecule has 0 radical (unpaired) electrons. The largest absolute Gasteiger partial charge is 0.490 e. The van der Waals surface area contributed by atoms with Gasteiger partial charge < -0.3 is 20.1 Å². The molecular formula is C34H38ClN5O3S. The SMILES string of the molecule is CCOc1cc(C2C(C(=O)Nc3cccc(C)c3)=C(C)Nc3nc(SCc4ccccc4Cl)nn32)ccc1OCCC(C)C. The van der Waals surface area contributed by atoms with Crippen LogP contribution in [0.25, 0.3) is 0 Å². The van der Waals surface area contributed by atoms with Gasteiger partial charge in [-0.1, -0.05) is 73.6 Å². The monoisotopic (exact) mass is 631 g/mol. The highest BCUT2D eigenvalue weighted by Crippen LogP contribution is 2.40. The van der Waals surface area contributed by atoms with Crippen LogP contribution >= 0.6 is 23.4 Å². The highest BCUT2D eigenvalue weighted by atomic mass is 35.5. The molecule has 8 nitrogen and oxygen atoms in total. The van der Waals surface area contributed by atoms with Crippen LogP contribution in [-0.2, 0) is 10.5 Å². The summed E-state index contributed by atoms with van der Waals surface area (Å²) in [6, 6.07) is 20.7. The normalized spacial score (nSPS) is 14.3. The number of carbonyl (C=O) groups excluding carboxylic acids is 1. The third-order valence-electron chi connectivity index (χ3n) is 7.20. The van der Waals surface area contributed by atoms with Gasteiger partial charge in [0.2, 0.25) is 11.1 Å². The molecule has 0 bridgehead atoms.